The maximum atomic E-state index is 13.7. The first-order valence-corrected chi connectivity index (χ1v) is 12.0. The molecule has 0 saturated carbocycles. The largest absolute Gasteiger partial charge is 0.491 e. The summed E-state index contributed by atoms with van der Waals surface area (Å²) in [7, 11) is 1.82. The van der Waals surface area contributed by atoms with Crippen molar-refractivity contribution in [3.63, 3.8) is 0 Å². The number of fused-ring (bicyclic) bond motifs is 1. The minimum atomic E-state index is -0.0971. The molecule has 2 aromatic carbocycles. The zero-order valence-corrected chi connectivity index (χ0v) is 20.9. The molecule has 178 valence electrons. The Balaban J connectivity index is 1.91. The summed E-state index contributed by atoms with van der Waals surface area (Å²) < 4.78 is 6.19. The van der Waals surface area contributed by atoms with Gasteiger partial charge < -0.3 is 14.5 Å². The molecule has 1 aliphatic rings. The predicted octanol–water partition coefficient (Wildman–Crippen LogP) is 5.40. The molecule has 1 heterocycles. The van der Waals surface area contributed by atoms with E-state index in [2.05, 4.69) is 46.8 Å². The number of carbonyl (C=O) groups excluding carboxylic acids is 2. The lowest BCUT2D eigenvalue weighted by molar-refractivity contribution is 0.0515. The van der Waals surface area contributed by atoms with E-state index in [1.807, 2.05) is 48.3 Å². The molecular formula is C28H38N2O3. The second-order valence-electron chi connectivity index (χ2n) is 10.4. The van der Waals surface area contributed by atoms with Crippen molar-refractivity contribution in [2.24, 2.45) is 5.92 Å². The molecule has 0 aliphatic carbocycles. The highest BCUT2D eigenvalue weighted by Gasteiger charge is 2.29. The number of amides is 2. The number of rotatable bonds is 2. The van der Waals surface area contributed by atoms with Crippen molar-refractivity contribution in [1.29, 1.82) is 0 Å². The average molecular weight is 451 g/mol. The van der Waals surface area contributed by atoms with Crippen LogP contribution in [0.1, 0.15) is 73.7 Å². The topological polar surface area (TPSA) is 49.9 Å². The van der Waals surface area contributed by atoms with Crippen molar-refractivity contribution < 1.29 is 14.3 Å². The van der Waals surface area contributed by atoms with Gasteiger partial charge in [0.1, 0.15) is 12.4 Å². The van der Waals surface area contributed by atoms with Gasteiger partial charge in [-0.2, -0.15) is 0 Å². The molecule has 0 spiro atoms. The summed E-state index contributed by atoms with van der Waals surface area (Å²) in [5.41, 5.74) is 2.52. The molecule has 1 aliphatic heterocycles. The van der Waals surface area contributed by atoms with Crippen molar-refractivity contribution in [1.82, 2.24) is 9.80 Å². The Morgan fingerprint density at radius 1 is 1.00 bits per heavy atom. The van der Waals surface area contributed by atoms with E-state index < -0.39 is 0 Å². The minimum absolute atomic E-state index is 0.0286. The molecule has 0 unspecified atom stereocenters. The first-order chi connectivity index (χ1) is 15.6. The normalized spacial score (nSPS) is 18.3. The quantitative estimate of drug-likeness (QED) is 0.616. The molecule has 5 heteroatoms. The van der Waals surface area contributed by atoms with Crippen LogP contribution in [0.25, 0.3) is 0 Å². The molecule has 2 aromatic rings. The third-order valence-electron chi connectivity index (χ3n) is 6.44. The molecule has 0 N–H and O–H groups in total. The van der Waals surface area contributed by atoms with Crippen LogP contribution in [0.5, 0.6) is 5.75 Å². The Bertz CT molecular complexity index is 960. The fourth-order valence-corrected chi connectivity index (χ4v) is 4.22. The number of hydrogen-bond donors (Lipinski definition) is 0. The van der Waals surface area contributed by atoms with E-state index in [0.717, 1.165) is 12.8 Å². The molecule has 0 aromatic heterocycles. The number of carbonyl (C=O) groups is 2. The third kappa shape index (κ3) is 5.95. The number of ether oxygens (including phenoxy) is 1. The average Bonchev–Trinajstić information content (AvgIpc) is 2.78. The lowest BCUT2D eigenvalue weighted by atomic mass is 9.86. The van der Waals surface area contributed by atoms with Gasteiger partial charge in [0.15, 0.2) is 0 Å². The molecule has 1 atom stereocenters. The van der Waals surface area contributed by atoms with Gasteiger partial charge in [0.05, 0.1) is 11.6 Å². The van der Waals surface area contributed by atoms with Crippen molar-refractivity contribution in [2.45, 2.75) is 58.9 Å². The Morgan fingerprint density at radius 2 is 1.64 bits per heavy atom. The predicted molar refractivity (Wildman–Crippen MR) is 133 cm³/mol. The third-order valence-corrected chi connectivity index (χ3v) is 6.44. The van der Waals surface area contributed by atoms with E-state index in [-0.39, 0.29) is 29.2 Å². The fraction of sp³-hybridized carbons (Fsp3) is 0.500. The zero-order chi connectivity index (χ0) is 24.2. The maximum absolute atomic E-state index is 13.7. The van der Waals surface area contributed by atoms with E-state index in [1.54, 1.807) is 4.90 Å². The second kappa shape index (κ2) is 10.4. The van der Waals surface area contributed by atoms with Crippen LogP contribution in [-0.4, -0.2) is 54.4 Å². The van der Waals surface area contributed by atoms with E-state index in [0.29, 0.717) is 36.6 Å². The van der Waals surface area contributed by atoms with Crippen LogP contribution in [0.15, 0.2) is 48.5 Å². The Kier molecular flexibility index (Phi) is 7.83. The van der Waals surface area contributed by atoms with Gasteiger partial charge in [0, 0.05) is 25.7 Å². The van der Waals surface area contributed by atoms with Crippen LogP contribution >= 0.6 is 0 Å². The second-order valence-corrected chi connectivity index (χ2v) is 10.4. The van der Waals surface area contributed by atoms with Crippen molar-refractivity contribution in [3.8, 4) is 5.75 Å². The van der Waals surface area contributed by atoms with Crippen LogP contribution in [0.4, 0.5) is 0 Å². The first-order valence-electron chi connectivity index (χ1n) is 12.0. The van der Waals surface area contributed by atoms with Crippen LogP contribution < -0.4 is 4.74 Å². The molecule has 33 heavy (non-hydrogen) atoms. The monoisotopic (exact) mass is 450 g/mol. The summed E-state index contributed by atoms with van der Waals surface area (Å²) >= 11 is 0. The van der Waals surface area contributed by atoms with Gasteiger partial charge in [-0.1, -0.05) is 58.9 Å². The molecule has 2 amide bonds. The Morgan fingerprint density at radius 3 is 2.27 bits per heavy atom. The summed E-state index contributed by atoms with van der Waals surface area (Å²) in [6, 6.07) is 15.3. The van der Waals surface area contributed by atoms with Gasteiger partial charge in [0.2, 0.25) is 0 Å². The van der Waals surface area contributed by atoms with Crippen molar-refractivity contribution in [3.05, 3.63) is 65.2 Å². The minimum Gasteiger partial charge on any atom is -0.491 e. The number of hydrogen-bond acceptors (Lipinski definition) is 3. The molecule has 0 saturated heterocycles. The maximum Gasteiger partial charge on any atom is 0.257 e. The Hall–Kier alpha value is -2.82. The van der Waals surface area contributed by atoms with Crippen molar-refractivity contribution in [2.75, 3.05) is 26.7 Å². The lowest BCUT2D eigenvalue weighted by Gasteiger charge is -2.35. The van der Waals surface area contributed by atoms with Crippen LogP contribution in [0, 0.1) is 5.92 Å². The number of para-hydroxylation sites is 1. The lowest BCUT2D eigenvalue weighted by Crippen LogP contribution is -2.47. The summed E-state index contributed by atoms with van der Waals surface area (Å²) in [6.07, 6.45) is 1.66. The molecule has 0 fully saturated rings. The number of nitrogens with zero attached hydrogens (tertiary/aromatic N) is 2. The van der Waals surface area contributed by atoms with E-state index in [4.69, 9.17) is 4.74 Å². The van der Waals surface area contributed by atoms with Gasteiger partial charge in [-0.15, -0.1) is 0 Å². The van der Waals surface area contributed by atoms with Gasteiger partial charge >= 0.3 is 0 Å². The molecule has 5 nitrogen and oxygen atoms in total. The molecule has 0 bridgehead atoms. The van der Waals surface area contributed by atoms with Gasteiger partial charge in [0.25, 0.3) is 11.8 Å². The summed E-state index contributed by atoms with van der Waals surface area (Å²) in [4.78, 5) is 30.3. The van der Waals surface area contributed by atoms with Crippen LogP contribution in [0.2, 0.25) is 0 Å². The summed E-state index contributed by atoms with van der Waals surface area (Å²) in [5, 5.41) is 0. The van der Waals surface area contributed by atoms with Crippen LogP contribution in [0.3, 0.4) is 0 Å². The van der Waals surface area contributed by atoms with Crippen LogP contribution in [-0.2, 0) is 5.41 Å². The first kappa shape index (κ1) is 24.8. The van der Waals surface area contributed by atoms with Gasteiger partial charge in [-0.05, 0) is 54.0 Å². The van der Waals surface area contributed by atoms with E-state index in [1.165, 1.54) is 5.56 Å². The SMILES string of the molecule is CC(C)[C@H]1COc2ccccc2C(=O)N(C)CCCCN1C(=O)c1ccc(C(C)(C)C)cc1. The van der Waals surface area contributed by atoms with Gasteiger partial charge in [-0.3, -0.25) is 9.59 Å². The number of benzene rings is 2. The highest BCUT2D eigenvalue weighted by atomic mass is 16.5. The highest BCUT2D eigenvalue weighted by Crippen LogP contribution is 2.25. The standard InChI is InChI=1S/C28H38N2O3/c1-20(2)24-19-33-25-12-8-7-11-23(25)27(32)29(6)17-9-10-18-30(24)26(31)21-13-15-22(16-14-21)28(3,4)5/h7-8,11-16,20,24H,9-10,17-19H2,1-6H3/t24-/m1/s1. The fourth-order valence-electron chi connectivity index (χ4n) is 4.22. The summed E-state index contributed by atoms with van der Waals surface area (Å²) in [5.74, 6) is 0.783. The molecule has 0 radical (unpaired) electrons. The Labute approximate surface area is 198 Å². The van der Waals surface area contributed by atoms with Gasteiger partial charge in [-0.25, -0.2) is 0 Å². The van der Waals surface area contributed by atoms with E-state index >= 15 is 0 Å². The zero-order valence-electron chi connectivity index (χ0n) is 20.9. The molecule has 3 rings (SSSR count). The van der Waals surface area contributed by atoms with Crippen molar-refractivity contribution >= 4 is 11.8 Å². The molecular weight excluding hydrogens is 412 g/mol. The van der Waals surface area contributed by atoms with E-state index in [9.17, 15) is 9.59 Å². The summed E-state index contributed by atoms with van der Waals surface area (Å²) in [6.45, 7) is 12.4. The smallest absolute Gasteiger partial charge is 0.257 e. The highest BCUT2D eigenvalue weighted by molar-refractivity contribution is 5.97.